The summed E-state index contributed by atoms with van der Waals surface area (Å²) in [4.78, 5) is 34.2. The summed E-state index contributed by atoms with van der Waals surface area (Å²) in [5.74, 6) is 0.0707. The van der Waals surface area contributed by atoms with Crippen molar-refractivity contribution < 1.29 is 9.18 Å². The minimum atomic E-state index is -0.474. The van der Waals surface area contributed by atoms with E-state index in [1.807, 2.05) is 30.3 Å². The molecule has 5 rings (SSSR count). The van der Waals surface area contributed by atoms with E-state index in [1.165, 1.54) is 23.9 Å². The fourth-order valence-corrected chi connectivity index (χ4v) is 5.90. The minimum absolute atomic E-state index is 0.0575. The molecule has 1 aliphatic heterocycles. The van der Waals surface area contributed by atoms with Crippen molar-refractivity contribution in [1.29, 1.82) is 0 Å². The Bertz CT molecular complexity index is 1380. The second kappa shape index (κ2) is 8.71. The average molecular weight is 496 g/mol. The van der Waals surface area contributed by atoms with E-state index in [2.05, 4.69) is 24.1 Å². The summed E-state index contributed by atoms with van der Waals surface area (Å²) in [7, 11) is 0. The second-order valence-electron chi connectivity index (χ2n) is 9.46. The van der Waals surface area contributed by atoms with Crippen LogP contribution in [0.3, 0.4) is 0 Å². The first-order chi connectivity index (χ1) is 16.2. The molecule has 2 N–H and O–H groups in total. The maximum Gasteiger partial charge on any atom is 0.257 e. The standard InChI is InChI=1S/C26H23ClFN3O2S/c1-26(2)11-18-21(19(32)12-26)20(14-6-4-3-5-7-14)22-23(29-18)30-25(31-24(22)33)34-13-15-8-9-16(28)10-17(15)27/h3-10,20H,11-13H2,1-2H3,(H2,29,30,31,33)/t20-/m1/s1. The van der Waals surface area contributed by atoms with Crippen LogP contribution < -0.4 is 10.9 Å². The quantitative estimate of drug-likeness (QED) is 0.340. The molecular formula is C26H23ClFN3O2S. The molecule has 1 aliphatic carbocycles. The van der Waals surface area contributed by atoms with Crippen molar-refractivity contribution in [3.8, 4) is 0 Å². The molecule has 0 saturated carbocycles. The molecule has 5 nitrogen and oxygen atoms in total. The molecule has 34 heavy (non-hydrogen) atoms. The van der Waals surface area contributed by atoms with Crippen LogP contribution in [0.2, 0.25) is 5.02 Å². The first-order valence-electron chi connectivity index (χ1n) is 11.0. The molecule has 2 aliphatic rings. The Morgan fingerprint density at radius 1 is 1.15 bits per heavy atom. The van der Waals surface area contributed by atoms with E-state index in [4.69, 9.17) is 16.6 Å². The average Bonchev–Trinajstić information content (AvgIpc) is 2.77. The number of Topliss-reactive ketones (excluding diaryl/α,β-unsaturated/α-hetero) is 1. The van der Waals surface area contributed by atoms with Crippen LogP contribution in [0.25, 0.3) is 0 Å². The van der Waals surface area contributed by atoms with E-state index in [-0.39, 0.29) is 16.8 Å². The molecular weight excluding hydrogens is 473 g/mol. The van der Waals surface area contributed by atoms with Gasteiger partial charge in [0, 0.05) is 34.4 Å². The monoisotopic (exact) mass is 495 g/mol. The Morgan fingerprint density at radius 3 is 2.65 bits per heavy atom. The van der Waals surface area contributed by atoms with Gasteiger partial charge in [-0.3, -0.25) is 9.59 Å². The zero-order chi connectivity index (χ0) is 24.0. The SMILES string of the molecule is CC1(C)CC(=O)C2=C(C1)Nc1nc(SCc3ccc(F)cc3Cl)[nH]c(=O)c1[C@@H]2c1ccccc1. The Kier molecular flexibility index (Phi) is 5.86. The number of H-pyrrole nitrogens is 1. The maximum atomic E-state index is 13.4. The van der Waals surface area contributed by atoms with Gasteiger partial charge in [0.05, 0.1) is 5.56 Å². The molecule has 3 aromatic rings. The van der Waals surface area contributed by atoms with E-state index in [0.29, 0.717) is 45.7 Å². The number of rotatable bonds is 4. The molecule has 0 unspecified atom stereocenters. The highest BCUT2D eigenvalue weighted by molar-refractivity contribution is 7.98. The van der Waals surface area contributed by atoms with Crippen LogP contribution in [0.5, 0.6) is 0 Å². The number of aromatic amines is 1. The molecule has 0 spiro atoms. The fourth-order valence-electron chi connectivity index (χ4n) is 4.73. The number of halogens is 2. The van der Waals surface area contributed by atoms with Crippen LogP contribution in [0.1, 0.15) is 49.3 Å². The van der Waals surface area contributed by atoms with Crippen LogP contribution in [-0.2, 0) is 10.5 Å². The van der Waals surface area contributed by atoms with Gasteiger partial charge in [-0.2, -0.15) is 0 Å². The van der Waals surface area contributed by atoms with Crippen LogP contribution in [0.4, 0.5) is 10.2 Å². The summed E-state index contributed by atoms with van der Waals surface area (Å²) < 4.78 is 13.4. The molecule has 0 amide bonds. The van der Waals surface area contributed by atoms with Gasteiger partial charge in [0.1, 0.15) is 11.6 Å². The molecule has 0 fully saturated rings. The summed E-state index contributed by atoms with van der Waals surface area (Å²) in [6.45, 7) is 4.14. The molecule has 174 valence electrons. The minimum Gasteiger partial charge on any atom is -0.343 e. The predicted octanol–water partition coefficient (Wildman–Crippen LogP) is 6.06. The highest BCUT2D eigenvalue weighted by Crippen LogP contribution is 2.47. The van der Waals surface area contributed by atoms with Crippen LogP contribution in [0, 0.1) is 11.2 Å². The number of allylic oxidation sites excluding steroid dienone is 2. The van der Waals surface area contributed by atoms with Crippen molar-refractivity contribution in [3.05, 3.63) is 97.7 Å². The van der Waals surface area contributed by atoms with E-state index in [0.717, 1.165) is 16.8 Å². The number of fused-ring (bicyclic) bond motifs is 1. The predicted molar refractivity (Wildman–Crippen MR) is 133 cm³/mol. The number of carbonyl (C=O) groups is 1. The summed E-state index contributed by atoms with van der Waals surface area (Å²) >= 11 is 7.46. The molecule has 1 atom stereocenters. The molecule has 8 heteroatoms. The summed E-state index contributed by atoms with van der Waals surface area (Å²) in [6, 6.07) is 13.9. The number of ketones is 1. The third-order valence-corrected chi connectivity index (χ3v) is 7.49. The number of aromatic nitrogens is 2. The first-order valence-corrected chi connectivity index (χ1v) is 12.4. The fraction of sp³-hybridized carbons (Fsp3) is 0.269. The third-order valence-electron chi connectivity index (χ3n) is 6.21. The molecule has 0 saturated heterocycles. The zero-order valence-corrected chi connectivity index (χ0v) is 20.3. The Morgan fingerprint density at radius 2 is 1.91 bits per heavy atom. The van der Waals surface area contributed by atoms with Gasteiger partial charge in [0.2, 0.25) is 0 Å². The van der Waals surface area contributed by atoms with Gasteiger partial charge in [0.15, 0.2) is 10.9 Å². The Balaban J connectivity index is 1.56. The molecule has 0 bridgehead atoms. The molecule has 1 aromatic heterocycles. The number of hydrogen-bond acceptors (Lipinski definition) is 5. The van der Waals surface area contributed by atoms with Crippen molar-refractivity contribution in [2.45, 2.75) is 43.5 Å². The smallest absolute Gasteiger partial charge is 0.257 e. The number of hydrogen-bond donors (Lipinski definition) is 2. The number of carbonyl (C=O) groups excluding carboxylic acids is 1. The van der Waals surface area contributed by atoms with E-state index < -0.39 is 11.7 Å². The van der Waals surface area contributed by atoms with Gasteiger partial charge in [-0.15, -0.1) is 0 Å². The van der Waals surface area contributed by atoms with Crippen LogP contribution in [-0.4, -0.2) is 15.8 Å². The first kappa shape index (κ1) is 22.9. The number of thioether (sulfide) groups is 1. The van der Waals surface area contributed by atoms with Crippen molar-refractivity contribution in [2.24, 2.45) is 5.41 Å². The summed E-state index contributed by atoms with van der Waals surface area (Å²) in [5, 5.41) is 4.07. The highest BCUT2D eigenvalue weighted by atomic mass is 35.5. The highest BCUT2D eigenvalue weighted by Gasteiger charge is 2.42. The Labute approximate surface area is 205 Å². The third kappa shape index (κ3) is 4.30. The lowest BCUT2D eigenvalue weighted by Crippen LogP contribution is -2.37. The number of anilines is 1. The lowest BCUT2D eigenvalue weighted by molar-refractivity contribution is -0.118. The van der Waals surface area contributed by atoms with Gasteiger partial charge >= 0.3 is 0 Å². The second-order valence-corrected chi connectivity index (χ2v) is 10.8. The van der Waals surface area contributed by atoms with Crippen LogP contribution >= 0.6 is 23.4 Å². The van der Waals surface area contributed by atoms with Gasteiger partial charge in [0.25, 0.3) is 5.56 Å². The van der Waals surface area contributed by atoms with Gasteiger partial charge in [-0.05, 0) is 35.1 Å². The van der Waals surface area contributed by atoms with Gasteiger partial charge in [-0.25, -0.2) is 9.37 Å². The van der Waals surface area contributed by atoms with E-state index >= 15 is 0 Å². The van der Waals surface area contributed by atoms with Crippen molar-refractivity contribution in [1.82, 2.24) is 9.97 Å². The van der Waals surface area contributed by atoms with E-state index in [9.17, 15) is 14.0 Å². The lowest BCUT2D eigenvalue weighted by Gasteiger charge is -2.38. The topological polar surface area (TPSA) is 74.8 Å². The van der Waals surface area contributed by atoms with Crippen molar-refractivity contribution in [2.75, 3.05) is 5.32 Å². The summed E-state index contributed by atoms with van der Waals surface area (Å²) in [5.41, 5.74) is 3.09. The summed E-state index contributed by atoms with van der Waals surface area (Å²) in [6.07, 6.45) is 1.13. The van der Waals surface area contributed by atoms with Crippen LogP contribution in [0.15, 0.2) is 69.8 Å². The number of nitrogens with zero attached hydrogens (tertiary/aromatic N) is 1. The van der Waals surface area contributed by atoms with E-state index in [1.54, 1.807) is 6.07 Å². The largest absolute Gasteiger partial charge is 0.343 e. The number of nitrogens with one attached hydrogen (secondary N) is 2. The molecule has 2 aromatic carbocycles. The van der Waals surface area contributed by atoms with Crippen molar-refractivity contribution >= 4 is 35.0 Å². The molecule has 2 heterocycles. The van der Waals surface area contributed by atoms with Crippen molar-refractivity contribution in [3.63, 3.8) is 0 Å². The molecule has 0 radical (unpaired) electrons. The Hall–Kier alpha value is -2.90. The van der Waals surface area contributed by atoms with Gasteiger partial charge < -0.3 is 10.3 Å². The zero-order valence-electron chi connectivity index (χ0n) is 18.7. The normalized spacial score (nSPS) is 18.8. The lowest BCUT2D eigenvalue weighted by atomic mass is 9.69. The van der Waals surface area contributed by atoms with Gasteiger partial charge in [-0.1, -0.05) is 73.6 Å². The number of benzene rings is 2. The maximum absolute atomic E-state index is 13.4.